The van der Waals surface area contributed by atoms with Gasteiger partial charge in [0.15, 0.2) is 5.82 Å². The molecule has 1 amide bonds. The smallest absolute Gasteiger partial charge is 0.257 e. The molecule has 0 atom stereocenters. The molecule has 0 aliphatic carbocycles. The quantitative estimate of drug-likeness (QED) is 0.716. The summed E-state index contributed by atoms with van der Waals surface area (Å²) in [4.78, 5) is 20.1. The average Bonchev–Trinajstić information content (AvgIpc) is 3.09. The number of benzene rings is 1. The van der Waals surface area contributed by atoms with Crippen molar-refractivity contribution in [3.8, 4) is 17.2 Å². The molecule has 0 fully saturated rings. The van der Waals surface area contributed by atoms with Crippen LogP contribution in [-0.4, -0.2) is 28.1 Å². The van der Waals surface area contributed by atoms with Gasteiger partial charge in [-0.3, -0.25) is 4.79 Å². The van der Waals surface area contributed by atoms with E-state index in [4.69, 9.17) is 20.9 Å². The molecule has 2 aromatic heterocycles. The standard InChI is InChI=1S/C16H13ClN4O3/c1-23-12-5-2-10(3-6-12)16-20-14(21-24-16)9-19-15(22)11-4-7-13(17)18-8-11/h2-8H,9H2,1H3,(H,19,22). The van der Waals surface area contributed by atoms with Gasteiger partial charge in [-0.05, 0) is 36.4 Å². The number of hydrogen-bond donors (Lipinski definition) is 1. The predicted octanol–water partition coefficient (Wildman–Crippen LogP) is 2.72. The number of ether oxygens (including phenoxy) is 1. The van der Waals surface area contributed by atoms with Gasteiger partial charge in [-0.25, -0.2) is 4.98 Å². The van der Waals surface area contributed by atoms with E-state index in [0.717, 1.165) is 11.3 Å². The predicted molar refractivity (Wildman–Crippen MR) is 86.7 cm³/mol. The number of carbonyl (C=O) groups excluding carboxylic acids is 1. The van der Waals surface area contributed by atoms with E-state index in [1.165, 1.54) is 6.20 Å². The van der Waals surface area contributed by atoms with Gasteiger partial charge in [0.05, 0.1) is 19.2 Å². The number of halogens is 1. The molecule has 8 heteroatoms. The van der Waals surface area contributed by atoms with E-state index in [-0.39, 0.29) is 12.5 Å². The Bertz CT molecular complexity index is 831. The van der Waals surface area contributed by atoms with Crippen LogP contribution in [0.15, 0.2) is 47.1 Å². The van der Waals surface area contributed by atoms with Gasteiger partial charge in [0.2, 0.25) is 0 Å². The summed E-state index contributed by atoms with van der Waals surface area (Å²) in [6, 6.07) is 10.4. The van der Waals surface area contributed by atoms with Gasteiger partial charge in [0, 0.05) is 11.8 Å². The Balaban J connectivity index is 1.63. The summed E-state index contributed by atoms with van der Waals surface area (Å²) >= 11 is 5.69. The van der Waals surface area contributed by atoms with Crippen molar-refractivity contribution < 1.29 is 14.1 Å². The third-order valence-electron chi connectivity index (χ3n) is 3.20. The summed E-state index contributed by atoms with van der Waals surface area (Å²) in [5.41, 5.74) is 1.17. The molecule has 0 bridgehead atoms. The first kappa shape index (κ1) is 15.9. The first-order valence-electron chi connectivity index (χ1n) is 7.02. The summed E-state index contributed by atoms with van der Waals surface area (Å²) in [5.74, 6) is 1.18. The Morgan fingerprint density at radius 1 is 1.25 bits per heavy atom. The molecule has 0 saturated carbocycles. The maximum Gasteiger partial charge on any atom is 0.257 e. The minimum absolute atomic E-state index is 0.140. The zero-order valence-corrected chi connectivity index (χ0v) is 13.4. The van der Waals surface area contributed by atoms with Gasteiger partial charge >= 0.3 is 0 Å². The van der Waals surface area contributed by atoms with Gasteiger partial charge in [0.25, 0.3) is 11.8 Å². The topological polar surface area (TPSA) is 90.1 Å². The van der Waals surface area contributed by atoms with Crippen LogP contribution in [0, 0.1) is 0 Å². The molecule has 122 valence electrons. The highest BCUT2D eigenvalue weighted by molar-refractivity contribution is 6.29. The van der Waals surface area contributed by atoms with E-state index in [0.29, 0.717) is 22.4 Å². The maximum atomic E-state index is 12.0. The van der Waals surface area contributed by atoms with Crippen LogP contribution < -0.4 is 10.1 Å². The number of nitrogens with zero attached hydrogens (tertiary/aromatic N) is 3. The second-order valence-corrected chi connectivity index (χ2v) is 5.18. The van der Waals surface area contributed by atoms with Crippen molar-refractivity contribution in [1.82, 2.24) is 20.4 Å². The number of amides is 1. The molecule has 2 heterocycles. The van der Waals surface area contributed by atoms with Gasteiger partial charge in [-0.2, -0.15) is 4.98 Å². The molecule has 24 heavy (non-hydrogen) atoms. The second kappa shape index (κ2) is 7.10. The van der Waals surface area contributed by atoms with Crippen molar-refractivity contribution in [3.63, 3.8) is 0 Å². The van der Waals surface area contributed by atoms with E-state index < -0.39 is 0 Å². The third kappa shape index (κ3) is 3.69. The molecule has 1 aromatic carbocycles. The Labute approximate surface area is 142 Å². The molecular formula is C16H13ClN4O3. The van der Waals surface area contributed by atoms with Crippen LogP contribution in [0.4, 0.5) is 0 Å². The minimum Gasteiger partial charge on any atom is -0.497 e. The largest absolute Gasteiger partial charge is 0.497 e. The number of methoxy groups -OCH3 is 1. The van der Waals surface area contributed by atoms with Gasteiger partial charge in [-0.1, -0.05) is 16.8 Å². The highest BCUT2D eigenvalue weighted by atomic mass is 35.5. The molecule has 0 aliphatic heterocycles. The van der Waals surface area contributed by atoms with Crippen LogP contribution in [-0.2, 0) is 6.54 Å². The molecule has 0 saturated heterocycles. The zero-order valence-electron chi connectivity index (χ0n) is 12.7. The fourth-order valence-corrected chi connectivity index (χ4v) is 2.06. The van der Waals surface area contributed by atoms with E-state index in [9.17, 15) is 4.79 Å². The molecule has 0 radical (unpaired) electrons. The van der Waals surface area contributed by atoms with Gasteiger partial charge in [-0.15, -0.1) is 0 Å². The molecule has 1 N–H and O–H groups in total. The van der Waals surface area contributed by atoms with E-state index in [1.54, 1.807) is 31.4 Å². The van der Waals surface area contributed by atoms with Crippen LogP contribution in [0.1, 0.15) is 16.2 Å². The third-order valence-corrected chi connectivity index (χ3v) is 3.43. The van der Waals surface area contributed by atoms with Gasteiger partial charge in [0.1, 0.15) is 10.9 Å². The second-order valence-electron chi connectivity index (χ2n) is 4.80. The van der Waals surface area contributed by atoms with E-state index in [1.807, 2.05) is 12.1 Å². The lowest BCUT2D eigenvalue weighted by atomic mass is 10.2. The van der Waals surface area contributed by atoms with Crippen molar-refractivity contribution in [2.24, 2.45) is 0 Å². The SMILES string of the molecule is COc1ccc(-c2nc(CNC(=O)c3ccc(Cl)nc3)no2)cc1. The van der Waals surface area contributed by atoms with Crippen molar-refractivity contribution in [3.05, 3.63) is 59.1 Å². The van der Waals surface area contributed by atoms with Crippen LogP contribution in [0.2, 0.25) is 5.15 Å². The average molecular weight is 345 g/mol. The minimum atomic E-state index is -0.296. The Morgan fingerprint density at radius 2 is 2.04 bits per heavy atom. The number of pyridine rings is 1. The molecule has 0 unspecified atom stereocenters. The van der Waals surface area contributed by atoms with Crippen molar-refractivity contribution in [2.75, 3.05) is 7.11 Å². The normalized spacial score (nSPS) is 10.4. The lowest BCUT2D eigenvalue weighted by molar-refractivity contribution is 0.0949. The molecule has 7 nitrogen and oxygen atoms in total. The number of aromatic nitrogens is 3. The van der Waals surface area contributed by atoms with E-state index >= 15 is 0 Å². The van der Waals surface area contributed by atoms with Crippen LogP contribution in [0.5, 0.6) is 5.75 Å². The number of nitrogens with one attached hydrogen (secondary N) is 1. The Morgan fingerprint density at radius 3 is 2.71 bits per heavy atom. The number of hydrogen-bond acceptors (Lipinski definition) is 6. The number of carbonyl (C=O) groups is 1. The van der Waals surface area contributed by atoms with Crippen LogP contribution in [0.25, 0.3) is 11.5 Å². The summed E-state index contributed by atoms with van der Waals surface area (Å²) in [6.07, 6.45) is 1.40. The molecule has 3 rings (SSSR count). The Kier molecular flexibility index (Phi) is 4.72. The molecular weight excluding hydrogens is 332 g/mol. The first-order valence-corrected chi connectivity index (χ1v) is 7.40. The maximum absolute atomic E-state index is 12.0. The van der Waals surface area contributed by atoms with Crippen molar-refractivity contribution >= 4 is 17.5 Å². The van der Waals surface area contributed by atoms with E-state index in [2.05, 4.69) is 20.4 Å². The summed E-state index contributed by atoms with van der Waals surface area (Å²) in [7, 11) is 1.60. The fraction of sp³-hybridized carbons (Fsp3) is 0.125. The summed E-state index contributed by atoms with van der Waals surface area (Å²) in [5, 5.41) is 6.86. The summed E-state index contributed by atoms with van der Waals surface area (Å²) in [6.45, 7) is 0.140. The number of rotatable bonds is 5. The monoisotopic (exact) mass is 344 g/mol. The van der Waals surface area contributed by atoms with Crippen molar-refractivity contribution in [2.45, 2.75) is 6.54 Å². The fourth-order valence-electron chi connectivity index (χ4n) is 1.95. The summed E-state index contributed by atoms with van der Waals surface area (Å²) < 4.78 is 10.3. The first-order chi connectivity index (χ1) is 11.7. The molecule has 0 spiro atoms. The lowest BCUT2D eigenvalue weighted by Gasteiger charge is -2.01. The highest BCUT2D eigenvalue weighted by Crippen LogP contribution is 2.20. The van der Waals surface area contributed by atoms with Crippen LogP contribution in [0.3, 0.4) is 0 Å². The van der Waals surface area contributed by atoms with Crippen LogP contribution >= 0.6 is 11.6 Å². The Hall–Kier alpha value is -2.93. The van der Waals surface area contributed by atoms with Crippen molar-refractivity contribution in [1.29, 1.82) is 0 Å². The highest BCUT2D eigenvalue weighted by Gasteiger charge is 2.11. The lowest BCUT2D eigenvalue weighted by Crippen LogP contribution is -2.23. The zero-order chi connectivity index (χ0) is 16.9. The molecule has 0 aliphatic rings. The molecule has 3 aromatic rings. The van der Waals surface area contributed by atoms with Gasteiger partial charge < -0.3 is 14.6 Å².